The second kappa shape index (κ2) is 7.63. The molecule has 0 aromatic carbocycles. The molecule has 1 aliphatic heterocycles. The van der Waals surface area contributed by atoms with Crippen molar-refractivity contribution in [2.75, 3.05) is 33.3 Å². The highest BCUT2D eigenvalue weighted by Gasteiger charge is 2.19. The first-order valence-electron chi connectivity index (χ1n) is 6.28. The fraction of sp³-hybridized carbons (Fsp3) is 0.917. The molecule has 0 bridgehead atoms. The summed E-state index contributed by atoms with van der Waals surface area (Å²) in [6.45, 7) is 5.42. The van der Waals surface area contributed by atoms with Gasteiger partial charge >= 0.3 is 0 Å². The molecule has 4 nitrogen and oxygen atoms in total. The number of likely N-dealkylation sites (tertiary alicyclic amines) is 1. The fourth-order valence-corrected chi connectivity index (χ4v) is 1.97. The fourth-order valence-electron chi connectivity index (χ4n) is 1.97. The summed E-state index contributed by atoms with van der Waals surface area (Å²) in [6, 6.07) is 0. The quantitative estimate of drug-likeness (QED) is 0.690. The molecule has 1 aliphatic rings. The molecule has 0 saturated carbocycles. The summed E-state index contributed by atoms with van der Waals surface area (Å²) in [5, 5.41) is 2.94. The van der Waals surface area contributed by atoms with Crippen LogP contribution in [0.4, 0.5) is 0 Å². The zero-order valence-electron chi connectivity index (χ0n) is 10.5. The van der Waals surface area contributed by atoms with Crippen LogP contribution >= 0.6 is 0 Å². The first-order chi connectivity index (χ1) is 7.76. The molecule has 1 amide bonds. The lowest BCUT2D eigenvalue weighted by Gasteiger charge is -2.30. The van der Waals surface area contributed by atoms with E-state index >= 15 is 0 Å². The van der Waals surface area contributed by atoms with Gasteiger partial charge in [-0.3, -0.25) is 9.69 Å². The predicted octanol–water partition coefficient (Wildman–Crippen LogP) is 1.01. The molecule has 1 saturated heterocycles. The lowest BCUT2D eigenvalue weighted by molar-refractivity contribution is -0.122. The van der Waals surface area contributed by atoms with Crippen LogP contribution in [-0.4, -0.2) is 50.2 Å². The topological polar surface area (TPSA) is 41.6 Å². The molecule has 0 aromatic heterocycles. The number of methoxy groups -OCH3 is 1. The van der Waals surface area contributed by atoms with Crippen molar-refractivity contribution in [2.45, 2.75) is 38.7 Å². The highest BCUT2D eigenvalue weighted by Crippen LogP contribution is 2.11. The lowest BCUT2D eigenvalue weighted by atomic mass is 10.1. The summed E-state index contributed by atoms with van der Waals surface area (Å²) in [4.78, 5) is 13.8. The van der Waals surface area contributed by atoms with Crippen LogP contribution in [0.15, 0.2) is 0 Å². The van der Waals surface area contributed by atoms with Crippen LogP contribution < -0.4 is 5.32 Å². The van der Waals surface area contributed by atoms with Crippen LogP contribution in [0.25, 0.3) is 0 Å². The monoisotopic (exact) mass is 228 g/mol. The van der Waals surface area contributed by atoms with E-state index in [2.05, 4.69) is 17.1 Å². The Morgan fingerprint density at radius 2 is 2.12 bits per heavy atom. The Morgan fingerprint density at radius 1 is 1.44 bits per heavy atom. The molecule has 0 aliphatic carbocycles. The van der Waals surface area contributed by atoms with Gasteiger partial charge in [-0.2, -0.15) is 0 Å². The Hall–Kier alpha value is -0.610. The highest BCUT2D eigenvalue weighted by molar-refractivity contribution is 5.77. The van der Waals surface area contributed by atoms with Crippen molar-refractivity contribution in [3.8, 4) is 0 Å². The van der Waals surface area contributed by atoms with E-state index in [0.29, 0.717) is 12.6 Å². The van der Waals surface area contributed by atoms with Crippen LogP contribution in [0, 0.1) is 0 Å². The van der Waals surface area contributed by atoms with Gasteiger partial charge in [0.15, 0.2) is 0 Å². The van der Waals surface area contributed by atoms with E-state index in [1.54, 1.807) is 7.11 Å². The SMILES string of the molecule is CCCCNC(=O)CN1CCC(OC)CC1. The van der Waals surface area contributed by atoms with Crippen LogP contribution in [-0.2, 0) is 9.53 Å². The van der Waals surface area contributed by atoms with E-state index in [1.807, 2.05) is 0 Å². The van der Waals surface area contributed by atoms with Gasteiger partial charge in [-0.1, -0.05) is 13.3 Å². The van der Waals surface area contributed by atoms with Gasteiger partial charge in [0, 0.05) is 26.7 Å². The lowest BCUT2D eigenvalue weighted by Crippen LogP contribution is -2.43. The molecular formula is C12H24N2O2. The van der Waals surface area contributed by atoms with Crippen LogP contribution in [0.1, 0.15) is 32.6 Å². The van der Waals surface area contributed by atoms with Gasteiger partial charge < -0.3 is 10.1 Å². The third-order valence-corrected chi connectivity index (χ3v) is 3.09. The maximum Gasteiger partial charge on any atom is 0.234 e. The zero-order valence-corrected chi connectivity index (χ0v) is 10.5. The van der Waals surface area contributed by atoms with Crippen LogP contribution in [0.3, 0.4) is 0 Å². The largest absolute Gasteiger partial charge is 0.381 e. The van der Waals surface area contributed by atoms with Crippen molar-refractivity contribution in [1.82, 2.24) is 10.2 Å². The summed E-state index contributed by atoms with van der Waals surface area (Å²) in [6.07, 6.45) is 4.66. The Morgan fingerprint density at radius 3 is 2.69 bits per heavy atom. The van der Waals surface area contributed by atoms with E-state index in [-0.39, 0.29) is 5.91 Å². The predicted molar refractivity (Wildman–Crippen MR) is 64.4 cm³/mol. The Kier molecular flexibility index (Phi) is 6.42. The first kappa shape index (κ1) is 13.5. The molecule has 0 aromatic rings. The molecule has 0 spiro atoms. The molecule has 94 valence electrons. The summed E-state index contributed by atoms with van der Waals surface area (Å²) in [5.74, 6) is 0.157. The van der Waals surface area contributed by atoms with Crippen molar-refractivity contribution in [3.05, 3.63) is 0 Å². The van der Waals surface area contributed by atoms with Crippen molar-refractivity contribution >= 4 is 5.91 Å². The maximum atomic E-state index is 11.6. The number of amides is 1. The normalized spacial score (nSPS) is 18.6. The van der Waals surface area contributed by atoms with Gasteiger partial charge in [0.1, 0.15) is 0 Å². The smallest absolute Gasteiger partial charge is 0.234 e. The van der Waals surface area contributed by atoms with Gasteiger partial charge in [-0.05, 0) is 19.3 Å². The van der Waals surface area contributed by atoms with Gasteiger partial charge in [-0.25, -0.2) is 0 Å². The molecule has 1 N–H and O–H groups in total. The molecule has 4 heteroatoms. The van der Waals surface area contributed by atoms with E-state index in [0.717, 1.165) is 45.3 Å². The number of hydrogen-bond donors (Lipinski definition) is 1. The summed E-state index contributed by atoms with van der Waals surface area (Å²) < 4.78 is 5.30. The van der Waals surface area contributed by atoms with E-state index in [4.69, 9.17) is 4.74 Å². The molecule has 1 rings (SSSR count). The number of piperidine rings is 1. The van der Waals surface area contributed by atoms with E-state index in [9.17, 15) is 4.79 Å². The van der Waals surface area contributed by atoms with E-state index in [1.165, 1.54) is 0 Å². The number of rotatable bonds is 6. The number of nitrogens with one attached hydrogen (secondary N) is 1. The average molecular weight is 228 g/mol. The van der Waals surface area contributed by atoms with Crippen molar-refractivity contribution < 1.29 is 9.53 Å². The van der Waals surface area contributed by atoms with E-state index < -0.39 is 0 Å². The summed E-state index contributed by atoms with van der Waals surface area (Å²) >= 11 is 0. The summed E-state index contributed by atoms with van der Waals surface area (Å²) in [5.41, 5.74) is 0. The number of nitrogens with zero attached hydrogens (tertiary/aromatic N) is 1. The molecule has 1 heterocycles. The number of hydrogen-bond acceptors (Lipinski definition) is 3. The van der Waals surface area contributed by atoms with Crippen molar-refractivity contribution in [2.24, 2.45) is 0 Å². The Labute approximate surface area is 98.3 Å². The second-order valence-corrected chi connectivity index (χ2v) is 4.41. The molecular weight excluding hydrogens is 204 g/mol. The van der Waals surface area contributed by atoms with Crippen molar-refractivity contribution in [3.63, 3.8) is 0 Å². The molecule has 0 radical (unpaired) electrons. The minimum atomic E-state index is 0.157. The average Bonchev–Trinajstić information content (AvgIpc) is 2.30. The van der Waals surface area contributed by atoms with Crippen LogP contribution in [0.5, 0.6) is 0 Å². The third-order valence-electron chi connectivity index (χ3n) is 3.09. The minimum absolute atomic E-state index is 0.157. The van der Waals surface area contributed by atoms with Gasteiger partial charge in [-0.15, -0.1) is 0 Å². The highest BCUT2D eigenvalue weighted by atomic mass is 16.5. The molecule has 16 heavy (non-hydrogen) atoms. The number of unbranched alkanes of at least 4 members (excludes halogenated alkanes) is 1. The van der Waals surface area contributed by atoms with Crippen LogP contribution in [0.2, 0.25) is 0 Å². The number of carbonyl (C=O) groups excluding carboxylic acids is 1. The molecule has 1 fully saturated rings. The second-order valence-electron chi connectivity index (χ2n) is 4.41. The minimum Gasteiger partial charge on any atom is -0.381 e. The van der Waals surface area contributed by atoms with Gasteiger partial charge in [0.2, 0.25) is 5.91 Å². The van der Waals surface area contributed by atoms with Gasteiger partial charge in [0.05, 0.1) is 12.6 Å². The standard InChI is InChI=1S/C12H24N2O2/c1-3-4-7-13-12(15)10-14-8-5-11(16-2)6-9-14/h11H,3-10H2,1-2H3,(H,13,15). The molecule has 0 unspecified atom stereocenters. The maximum absolute atomic E-state index is 11.6. The molecule has 0 atom stereocenters. The number of carbonyl (C=O) groups is 1. The third kappa shape index (κ3) is 4.94. The summed E-state index contributed by atoms with van der Waals surface area (Å²) in [7, 11) is 1.76. The Bertz CT molecular complexity index is 201. The van der Waals surface area contributed by atoms with Gasteiger partial charge in [0.25, 0.3) is 0 Å². The zero-order chi connectivity index (χ0) is 11.8. The number of ether oxygens (including phenoxy) is 1. The van der Waals surface area contributed by atoms with Crippen molar-refractivity contribution in [1.29, 1.82) is 0 Å². The Balaban J connectivity index is 2.10. The first-order valence-corrected chi connectivity index (χ1v) is 6.28.